The van der Waals surface area contributed by atoms with E-state index in [1.807, 2.05) is 7.05 Å². The highest BCUT2D eigenvalue weighted by Gasteiger charge is 2.17. The van der Waals surface area contributed by atoms with Gasteiger partial charge in [-0.1, -0.05) is 31.2 Å². The zero-order valence-corrected chi connectivity index (χ0v) is 21.8. The van der Waals surface area contributed by atoms with Crippen LogP contribution in [0.25, 0.3) is 0 Å². The summed E-state index contributed by atoms with van der Waals surface area (Å²) in [5.41, 5.74) is 3.91. The summed E-state index contributed by atoms with van der Waals surface area (Å²) in [5, 5.41) is 8.08. The number of aliphatic imine (C=N–C) groups is 1. The highest BCUT2D eigenvalue weighted by atomic mass is 127. The normalized spacial score (nSPS) is 17.5. The molecule has 2 heterocycles. The van der Waals surface area contributed by atoms with Crippen LogP contribution in [0.2, 0.25) is 0 Å². The lowest BCUT2D eigenvalue weighted by Crippen LogP contribution is -2.38. The molecule has 7 heteroatoms. The molecule has 166 valence electrons. The van der Waals surface area contributed by atoms with E-state index in [0.29, 0.717) is 0 Å². The highest BCUT2D eigenvalue weighted by molar-refractivity contribution is 14.0. The topological polar surface area (TPSA) is 52.6 Å². The van der Waals surface area contributed by atoms with Crippen molar-refractivity contribution in [3.8, 4) is 0 Å². The third-order valence-corrected chi connectivity index (χ3v) is 6.76. The zero-order chi connectivity index (χ0) is 20.6. The quantitative estimate of drug-likeness (QED) is 0.308. The minimum absolute atomic E-state index is 0. The van der Waals surface area contributed by atoms with Crippen LogP contribution in [0.15, 0.2) is 29.3 Å². The molecule has 0 aliphatic carbocycles. The fourth-order valence-corrected chi connectivity index (χ4v) is 4.82. The number of benzene rings is 1. The predicted octanol–water partition coefficient (Wildman–Crippen LogP) is 4.52. The highest BCUT2D eigenvalue weighted by Crippen LogP contribution is 2.19. The fourth-order valence-electron chi connectivity index (χ4n) is 3.89. The molecule has 0 radical (unpaired) electrons. The van der Waals surface area contributed by atoms with Gasteiger partial charge in [-0.15, -0.1) is 35.3 Å². The first-order valence-electron chi connectivity index (χ1n) is 10.7. The molecule has 3 rings (SSSR count). The summed E-state index contributed by atoms with van der Waals surface area (Å²) in [6, 6.07) is 8.77. The van der Waals surface area contributed by atoms with Crippen LogP contribution in [-0.4, -0.2) is 42.5 Å². The number of hydrogen-bond acceptors (Lipinski definition) is 4. The Morgan fingerprint density at radius 1 is 1.23 bits per heavy atom. The summed E-state index contributed by atoms with van der Waals surface area (Å²) in [6.45, 7) is 11.7. The second kappa shape index (κ2) is 12.6. The number of hydrogen-bond donors (Lipinski definition) is 2. The molecule has 0 amide bonds. The third-order valence-electron chi connectivity index (χ3n) is 5.63. The van der Waals surface area contributed by atoms with E-state index < -0.39 is 0 Å². The molecule has 1 atom stereocenters. The Bertz CT molecular complexity index is 800. The number of guanidine groups is 1. The first-order valence-corrected chi connectivity index (χ1v) is 11.5. The van der Waals surface area contributed by atoms with Gasteiger partial charge < -0.3 is 10.6 Å². The number of likely N-dealkylation sites (tertiary alicyclic amines) is 1. The molecule has 30 heavy (non-hydrogen) atoms. The number of halogens is 1. The van der Waals surface area contributed by atoms with Crippen LogP contribution in [0, 0.1) is 19.8 Å². The predicted molar refractivity (Wildman–Crippen MR) is 139 cm³/mol. The Kier molecular flexibility index (Phi) is 10.5. The number of piperidine rings is 1. The van der Waals surface area contributed by atoms with Crippen molar-refractivity contribution < 1.29 is 0 Å². The maximum Gasteiger partial charge on any atom is 0.191 e. The molecule has 1 saturated heterocycles. The largest absolute Gasteiger partial charge is 0.356 e. The summed E-state index contributed by atoms with van der Waals surface area (Å²) in [5.74, 6) is 1.65. The van der Waals surface area contributed by atoms with Gasteiger partial charge in [0.1, 0.15) is 0 Å². The second-order valence-corrected chi connectivity index (χ2v) is 9.39. The van der Waals surface area contributed by atoms with Gasteiger partial charge in [-0.2, -0.15) is 0 Å². The van der Waals surface area contributed by atoms with E-state index in [-0.39, 0.29) is 24.0 Å². The van der Waals surface area contributed by atoms with E-state index in [1.165, 1.54) is 46.9 Å². The maximum absolute atomic E-state index is 4.61. The molecular weight excluding hydrogens is 505 g/mol. The van der Waals surface area contributed by atoms with Gasteiger partial charge in [-0.3, -0.25) is 9.89 Å². The van der Waals surface area contributed by atoms with Crippen LogP contribution < -0.4 is 10.6 Å². The Labute approximate surface area is 202 Å². The average molecular weight is 542 g/mol. The molecule has 1 unspecified atom stereocenters. The summed E-state index contributed by atoms with van der Waals surface area (Å²) < 4.78 is 0. The Morgan fingerprint density at radius 3 is 2.67 bits per heavy atom. The van der Waals surface area contributed by atoms with Gasteiger partial charge in [-0.25, -0.2) is 4.98 Å². The van der Waals surface area contributed by atoms with Crippen LogP contribution in [0.1, 0.15) is 46.5 Å². The van der Waals surface area contributed by atoms with Crippen molar-refractivity contribution in [3.63, 3.8) is 0 Å². The molecule has 0 saturated carbocycles. The zero-order valence-electron chi connectivity index (χ0n) is 18.7. The van der Waals surface area contributed by atoms with E-state index in [4.69, 9.17) is 0 Å². The minimum atomic E-state index is 0. The Balaban J connectivity index is 0.00000320. The SMILES string of the molecule is CN=C(NCCc1nc(C)c(C)s1)NCc1ccccc1CN1CCCC(C)C1.I. The maximum atomic E-state index is 4.61. The Morgan fingerprint density at radius 2 is 2.00 bits per heavy atom. The number of aromatic nitrogens is 1. The standard InChI is InChI=1S/C23H35N5S.HI/c1-17-8-7-13-28(15-17)16-21-10-6-5-9-20(21)14-26-23(24-4)25-12-11-22-27-18(2)19(3)29-22;/h5-6,9-10,17H,7-8,11-16H2,1-4H3,(H2,24,25,26);1H. The molecule has 1 aliphatic rings. The lowest BCUT2D eigenvalue weighted by molar-refractivity contribution is 0.176. The van der Waals surface area contributed by atoms with Crippen molar-refractivity contribution >= 4 is 41.3 Å². The first kappa shape index (κ1) is 25.1. The number of rotatable bonds is 7. The van der Waals surface area contributed by atoms with Crippen molar-refractivity contribution in [2.45, 2.75) is 53.1 Å². The molecule has 1 aromatic heterocycles. The molecular formula is C23H36IN5S. The number of nitrogens with one attached hydrogen (secondary N) is 2. The van der Waals surface area contributed by atoms with Gasteiger partial charge in [0.05, 0.1) is 10.7 Å². The van der Waals surface area contributed by atoms with E-state index in [1.54, 1.807) is 11.3 Å². The van der Waals surface area contributed by atoms with Crippen LogP contribution in [-0.2, 0) is 19.5 Å². The fraction of sp³-hybridized carbons (Fsp3) is 0.565. The summed E-state index contributed by atoms with van der Waals surface area (Å²) in [4.78, 5) is 12.9. The molecule has 0 spiro atoms. The number of nitrogens with zero attached hydrogens (tertiary/aromatic N) is 3. The Hall–Kier alpha value is -1.19. The molecule has 2 N–H and O–H groups in total. The third kappa shape index (κ3) is 7.50. The molecule has 2 aromatic rings. The van der Waals surface area contributed by atoms with Crippen molar-refractivity contribution in [1.82, 2.24) is 20.5 Å². The lowest BCUT2D eigenvalue weighted by Gasteiger charge is -2.31. The van der Waals surface area contributed by atoms with Gasteiger partial charge in [0.15, 0.2) is 5.96 Å². The summed E-state index contributed by atoms with van der Waals surface area (Å²) in [6.07, 6.45) is 3.60. The smallest absolute Gasteiger partial charge is 0.191 e. The first-order chi connectivity index (χ1) is 14.0. The van der Waals surface area contributed by atoms with Crippen molar-refractivity contribution in [1.29, 1.82) is 0 Å². The second-order valence-electron chi connectivity index (χ2n) is 8.10. The lowest BCUT2D eigenvalue weighted by atomic mass is 9.99. The minimum Gasteiger partial charge on any atom is -0.356 e. The van der Waals surface area contributed by atoms with Crippen molar-refractivity contribution in [2.75, 3.05) is 26.7 Å². The summed E-state index contributed by atoms with van der Waals surface area (Å²) in [7, 11) is 1.83. The van der Waals surface area contributed by atoms with Crippen LogP contribution >= 0.6 is 35.3 Å². The summed E-state index contributed by atoms with van der Waals surface area (Å²) >= 11 is 1.79. The van der Waals surface area contributed by atoms with Gasteiger partial charge in [-0.05, 0) is 50.3 Å². The molecule has 1 fully saturated rings. The average Bonchev–Trinajstić information content (AvgIpc) is 3.03. The molecule has 1 aromatic carbocycles. The van der Waals surface area contributed by atoms with E-state index >= 15 is 0 Å². The molecule has 1 aliphatic heterocycles. The van der Waals surface area contributed by atoms with E-state index in [0.717, 1.165) is 43.6 Å². The van der Waals surface area contributed by atoms with Gasteiger partial charge in [0.2, 0.25) is 0 Å². The molecule has 0 bridgehead atoms. The number of aryl methyl sites for hydroxylation is 2. The van der Waals surface area contributed by atoms with Crippen molar-refractivity contribution in [3.05, 3.63) is 51.0 Å². The van der Waals surface area contributed by atoms with Gasteiger partial charge in [0, 0.05) is 44.5 Å². The van der Waals surface area contributed by atoms with Crippen LogP contribution in [0.5, 0.6) is 0 Å². The molecule has 5 nitrogen and oxygen atoms in total. The van der Waals surface area contributed by atoms with Crippen LogP contribution in [0.3, 0.4) is 0 Å². The van der Waals surface area contributed by atoms with Crippen LogP contribution in [0.4, 0.5) is 0 Å². The van der Waals surface area contributed by atoms with E-state index in [9.17, 15) is 0 Å². The van der Waals surface area contributed by atoms with Crippen molar-refractivity contribution in [2.24, 2.45) is 10.9 Å². The van der Waals surface area contributed by atoms with Gasteiger partial charge in [0.25, 0.3) is 0 Å². The monoisotopic (exact) mass is 541 g/mol. The number of thiazole rings is 1. The van der Waals surface area contributed by atoms with E-state index in [2.05, 4.69) is 70.5 Å². The van der Waals surface area contributed by atoms with Gasteiger partial charge >= 0.3 is 0 Å².